The second-order valence-electron chi connectivity index (χ2n) is 4.90. The van der Waals surface area contributed by atoms with Crippen molar-refractivity contribution in [2.75, 3.05) is 37.6 Å². The molecule has 0 spiro atoms. The number of thiol groups is 1. The zero-order valence-electron chi connectivity index (χ0n) is 12.9. The van der Waals surface area contributed by atoms with Gasteiger partial charge in [0.1, 0.15) is 6.73 Å². The van der Waals surface area contributed by atoms with E-state index >= 15 is 0 Å². The van der Waals surface area contributed by atoms with Crippen molar-refractivity contribution in [1.29, 1.82) is 0 Å². The molecule has 3 N–H and O–H groups in total. The van der Waals surface area contributed by atoms with E-state index in [1.165, 1.54) is 0 Å². The Kier molecular flexibility index (Phi) is 7.65. The molecule has 0 unspecified atom stereocenters. The molecular formula is C16H22N4O2S. The van der Waals surface area contributed by atoms with E-state index < -0.39 is 0 Å². The van der Waals surface area contributed by atoms with Gasteiger partial charge < -0.3 is 15.4 Å². The molecule has 1 aromatic carbocycles. The molecule has 23 heavy (non-hydrogen) atoms. The summed E-state index contributed by atoms with van der Waals surface area (Å²) in [6.45, 7) is 2.31. The van der Waals surface area contributed by atoms with Gasteiger partial charge >= 0.3 is 0 Å². The number of nitrogens with one attached hydrogen (secondary N) is 3. The highest BCUT2D eigenvalue weighted by molar-refractivity contribution is 7.81. The van der Waals surface area contributed by atoms with Gasteiger partial charge in [0.25, 0.3) is 0 Å². The summed E-state index contributed by atoms with van der Waals surface area (Å²) in [6.07, 6.45) is 2.65. The average molecular weight is 334 g/mol. The van der Waals surface area contributed by atoms with Gasteiger partial charge in [-0.25, -0.2) is 0 Å². The lowest BCUT2D eigenvalue weighted by molar-refractivity contribution is -0.118. The van der Waals surface area contributed by atoms with Crippen LogP contribution in [0.15, 0.2) is 36.5 Å². The quantitative estimate of drug-likeness (QED) is 0.302. The number of aromatic nitrogens is 1. The highest BCUT2D eigenvalue weighted by atomic mass is 32.1. The van der Waals surface area contributed by atoms with Crippen LogP contribution in [0.5, 0.6) is 0 Å². The average Bonchev–Trinajstić information content (AvgIpc) is 2.60. The first-order valence-corrected chi connectivity index (χ1v) is 8.18. The largest absolute Gasteiger partial charge is 0.361 e. The third kappa shape index (κ3) is 6.05. The number of benzene rings is 1. The van der Waals surface area contributed by atoms with Gasteiger partial charge in [-0.05, 0) is 25.1 Å². The van der Waals surface area contributed by atoms with E-state index in [1.807, 2.05) is 30.3 Å². The Morgan fingerprint density at radius 2 is 2.13 bits per heavy atom. The Hall–Kier alpha value is -1.83. The van der Waals surface area contributed by atoms with Gasteiger partial charge in [-0.15, -0.1) is 0 Å². The molecule has 1 aromatic heterocycles. The van der Waals surface area contributed by atoms with Crippen LogP contribution in [0, 0.1) is 0 Å². The minimum absolute atomic E-state index is 0.0787. The maximum atomic E-state index is 10.9. The fourth-order valence-electron chi connectivity index (χ4n) is 2.05. The zero-order chi connectivity index (χ0) is 16.3. The maximum Gasteiger partial charge on any atom is 0.230 e. The van der Waals surface area contributed by atoms with E-state index in [9.17, 15) is 4.79 Å². The van der Waals surface area contributed by atoms with Crippen molar-refractivity contribution in [3.05, 3.63) is 36.5 Å². The number of amides is 1. The van der Waals surface area contributed by atoms with Crippen LogP contribution < -0.4 is 16.0 Å². The first-order chi connectivity index (χ1) is 11.3. The van der Waals surface area contributed by atoms with Gasteiger partial charge in [-0.1, -0.05) is 18.2 Å². The highest BCUT2D eigenvalue weighted by Gasteiger charge is 2.00. The van der Waals surface area contributed by atoms with Gasteiger partial charge in [0.15, 0.2) is 0 Å². The molecule has 0 fully saturated rings. The van der Waals surface area contributed by atoms with Crippen molar-refractivity contribution in [2.45, 2.75) is 6.42 Å². The number of rotatable bonds is 10. The van der Waals surface area contributed by atoms with Crippen molar-refractivity contribution in [3.63, 3.8) is 0 Å². The third-order valence-corrected chi connectivity index (χ3v) is 3.48. The molecule has 2 aromatic rings. The van der Waals surface area contributed by atoms with Gasteiger partial charge in [0.2, 0.25) is 5.91 Å². The van der Waals surface area contributed by atoms with E-state index in [4.69, 9.17) is 4.74 Å². The number of hydrogen-bond donors (Lipinski definition) is 4. The Bertz CT molecular complexity index is 619. The molecular weight excluding hydrogens is 312 g/mol. The van der Waals surface area contributed by atoms with E-state index in [1.54, 1.807) is 6.20 Å². The normalized spacial score (nSPS) is 10.7. The Balaban J connectivity index is 1.58. The molecule has 0 atom stereocenters. The van der Waals surface area contributed by atoms with Crippen molar-refractivity contribution >= 4 is 35.1 Å². The van der Waals surface area contributed by atoms with E-state index in [0.717, 1.165) is 29.6 Å². The molecule has 7 heteroatoms. The number of ether oxygens (including phenoxy) is 1. The molecule has 0 aliphatic carbocycles. The van der Waals surface area contributed by atoms with Crippen molar-refractivity contribution < 1.29 is 9.53 Å². The topological polar surface area (TPSA) is 75.3 Å². The van der Waals surface area contributed by atoms with Gasteiger partial charge in [0, 0.05) is 11.6 Å². The van der Waals surface area contributed by atoms with E-state index in [-0.39, 0.29) is 11.7 Å². The summed E-state index contributed by atoms with van der Waals surface area (Å²) < 4.78 is 5.56. The molecule has 1 heterocycles. The fourth-order valence-corrected chi connectivity index (χ4v) is 2.16. The summed E-state index contributed by atoms with van der Waals surface area (Å²) in [5.41, 5.74) is 1.91. The van der Waals surface area contributed by atoms with Crippen LogP contribution in [0.2, 0.25) is 0 Å². The highest BCUT2D eigenvalue weighted by Crippen LogP contribution is 2.20. The van der Waals surface area contributed by atoms with Crippen molar-refractivity contribution in [2.24, 2.45) is 0 Å². The summed E-state index contributed by atoms with van der Waals surface area (Å²) in [6, 6.07) is 9.98. The summed E-state index contributed by atoms with van der Waals surface area (Å²) >= 11 is 3.88. The van der Waals surface area contributed by atoms with Crippen molar-refractivity contribution in [3.8, 4) is 0 Å². The van der Waals surface area contributed by atoms with Crippen LogP contribution >= 0.6 is 12.6 Å². The van der Waals surface area contributed by atoms with Gasteiger partial charge in [-0.2, -0.15) is 12.6 Å². The monoisotopic (exact) mass is 334 g/mol. The van der Waals surface area contributed by atoms with E-state index in [0.29, 0.717) is 20.0 Å². The lowest BCUT2D eigenvalue weighted by Gasteiger charge is -2.10. The van der Waals surface area contributed by atoms with Crippen LogP contribution in [-0.2, 0) is 9.53 Å². The summed E-state index contributed by atoms with van der Waals surface area (Å²) in [5, 5.41) is 10.1. The molecule has 0 aliphatic rings. The van der Waals surface area contributed by atoms with Crippen LogP contribution in [0.25, 0.3) is 10.9 Å². The smallest absolute Gasteiger partial charge is 0.230 e. The molecule has 1 amide bonds. The Morgan fingerprint density at radius 1 is 1.26 bits per heavy atom. The Morgan fingerprint density at radius 3 is 3.00 bits per heavy atom. The molecule has 2 rings (SSSR count). The molecule has 6 nitrogen and oxygen atoms in total. The van der Waals surface area contributed by atoms with Crippen LogP contribution in [0.4, 0.5) is 5.69 Å². The van der Waals surface area contributed by atoms with Crippen LogP contribution in [0.1, 0.15) is 6.42 Å². The number of hydrogen-bond acceptors (Lipinski definition) is 6. The second-order valence-corrected chi connectivity index (χ2v) is 5.21. The maximum absolute atomic E-state index is 10.9. The minimum Gasteiger partial charge on any atom is -0.361 e. The predicted molar refractivity (Wildman–Crippen MR) is 95.7 cm³/mol. The van der Waals surface area contributed by atoms with Gasteiger partial charge in [-0.3, -0.25) is 15.1 Å². The molecule has 0 aliphatic heterocycles. The first kappa shape index (κ1) is 17.5. The minimum atomic E-state index is -0.0787. The molecule has 124 valence electrons. The van der Waals surface area contributed by atoms with Crippen LogP contribution in [0.3, 0.4) is 0 Å². The van der Waals surface area contributed by atoms with E-state index in [2.05, 4.69) is 33.6 Å². The number of fused-ring (bicyclic) bond motifs is 1. The molecule has 0 radical (unpaired) electrons. The summed E-state index contributed by atoms with van der Waals surface area (Å²) in [7, 11) is 0. The number of carbonyl (C=O) groups is 1. The van der Waals surface area contributed by atoms with Crippen LogP contribution in [-0.4, -0.2) is 43.2 Å². The third-order valence-electron chi connectivity index (χ3n) is 3.19. The summed E-state index contributed by atoms with van der Waals surface area (Å²) in [5.74, 6) is 0.129. The SMILES string of the molecule is O=C(CS)NCNCCCOCNc1cccc2cccnc12. The fraction of sp³-hybridized carbons (Fsp3) is 0.375. The molecule has 0 saturated carbocycles. The lowest BCUT2D eigenvalue weighted by Crippen LogP contribution is -2.35. The number of nitrogens with zero attached hydrogens (tertiary/aromatic N) is 1. The molecule has 0 saturated heterocycles. The standard InChI is InChI=1S/C16H22N4O2S/c21-15(10-23)19-11-17-7-3-9-22-12-20-14-6-1-4-13-5-2-8-18-16(13)14/h1-2,4-6,8,17,20,23H,3,7,9-12H2,(H,19,21). The Labute approximate surface area is 141 Å². The second kappa shape index (κ2) is 10.0. The van der Waals surface area contributed by atoms with Crippen molar-refractivity contribution in [1.82, 2.24) is 15.6 Å². The number of para-hydroxylation sites is 1. The zero-order valence-corrected chi connectivity index (χ0v) is 13.8. The molecule has 0 bridgehead atoms. The first-order valence-electron chi connectivity index (χ1n) is 7.55. The summed E-state index contributed by atoms with van der Waals surface area (Å²) in [4.78, 5) is 15.3. The number of pyridine rings is 1. The lowest BCUT2D eigenvalue weighted by atomic mass is 10.2. The number of anilines is 1. The predicted octanol–water partition coefficient (Wildman–Crippen LogP) is 1.60. The van der Waals surface area contributed by atoms with Gasteiger partial charge in [0.05, 0.1) is 30.2 Å². The number of carbonyl (C=O) groups excluding carboxylic acids is 1.